The Morgan fingerprint density at radius 3 is 3.24 bits per heavy atom. The maximum absolute atomic E-state index is 12.2. The highest BCUT2D eigenvalue weighted by Crippen LogP contribution is 2.37. The number of fused-ring (bicyclic) bond motifs is 1. The Balaban J connectivity index is 1.45. The van der Waals surface area contributed by atoms with Crippen molar-refractivity contribution in [3.05, 3.63) is 48.0 Å². The van der Waals surface area contributed by atoms with Gasteiger partial charge >= 0.3 is 0 Å². The minimum Gasteiger partial charge on any atom is -0.355 e. The standard InChI is InChI=1S/C16H19N3OS/c1-12-3-4-13-10-15(21-14(13)9-12)16(20)18-5-2-7-19-8-6-17-11-19/h3-4,6,8-9,11,15H,2,5,7,10H2,1H3,(H,18,20). The topological polar surface area (TPSA) is 46.9 Å². The number of aryl methyl sites for hydroxylation is 2. The average Bonchev–Trinajstić information content (AvgIpc) is 3.11. The van der Waals surface area contributed by atoms with Gasteiger partial charge in [0, 0.05) is 30.4 Å². The molecule has 1 aliphatic heterocycles. The molecule has 0 radical (unpaired) electrons. The van der Waals surface area contributed by atoms with Gasteiger partial charge in [0.25, 0.3) is 0 Å². The van der Waals surface area contributed by atoms with Crippen molar-refractivity contribution in [2.75, 3.05) is 6.54 Å². The highest BCUT2D eigenvalue weighted by Gasteiger charge is 2.27. The number of nitrogens with zero attached hydrogens (tertiary/aromatic N) is 2. The maximum atomic E-state index is 12.2. The van der Waals surface area contributed by atoms with E-state index in [1.165, 1.54) is 16.0 Å². The molecule has 2 heterocycles. The third-order valence-electron chi connectivity index (χ3n) is 3.64. The van der Waals surface area contributed by atoms with Gasteiger partial charge in [-0.25, -0.2) is 4.98 Å². The van der Waals surface area contributed by atoms with E-state index < -0.39 is 0 Å². The highest BCUT2D eigenvalue weighted by molar-refractivity contribution is 8.01. The molecular formula is C16H19N3OS. The molecule has 21 heavy (non-hydrogen) atoms. The summed E-state index contributed by atoms with van der Waals surface area (Å²) >= 11 is 1.69. The smallest absolute Gasteiger partial charge is 0.233 e. The number of carbonyl (C=O) groups excluding carboxylic acids is 1. The molecular weight excluding hydrogens is 282 g/mol. The van der Waals surface area contributed by atoms with E-state index >= 15 is 0 Å². The summed E-state index contributed by atoms with van der Waals surface area (Å²) in [4.78, 5) is 17.5. The Bertz CT molecular complexity index is 624. The number of amides is 1. The molecule has 1 unspecified atom stereocenters. The van der Waals surface area contributed by atoms with Gasteiger partial charge in [0.1, 0.15) is 0 Å². The number of carbonyl (C=O) groups is 1. The molecule has 5 heteroatoms. The van der Waals surface area contributed by atoms with E-state index in [0.717, 1.165) is 19.4 Å². The lowest BCUT2D eigenvalue weighted by Crippen LogP contribution is -2.33. The largest absolute Gasteiger partial charge is 0.355 e. The number of hydrogen-bond donors (Lipinski definition) is 1. The Hall–Kier alpha value is -1.75. The van der Waals surface area contributed by atoms with Gasteiger partial charge in [-0.2, -0.15) is 0 Å². The SMILES string of the molecule is Cc1ccc2c(c1)SC(C(=O)NCCCn1ccnc1)C2. The molecule has 1 N–H and O–H groups in total. The normalized spacial score (nSPS) is 16.7. The van der Waals surface area contributed by atoms with E-state index in [4.69, 9.17) is 0 Å². The van der Waals surface area contributed by atoms with Crippen LogP contribution in [0.15, 0.2) is 41.8 Å². The van der Waals surface area contributed by atoms with Crippen LogP contribution < -0.4 is 5.32 Å². The Labute approximate surface area is 129 Å². The monoisotopic (exact) mass is 301 g/mol. The van der Waals surface area contributed by atoms with E-state index in [-0.39, 0.29) is 11.2 Å². The van der Waals surface area contributed by atoms with Gasteiger partial charge in [0.05, 0.1) is 11.6 Å². The molecule has 0 saturated carbocycles. The molecule has 3 rings (SSSR count). The fourth-order valence-electron chi connectivity index (χ4n) is 2.49. The molecule has 1 amide bonds. The van der Waals surface area contributed by atoms with Crippen LogP contribution in [0.2, 0.25) is 0 Å². The van der Waals surface area contributed by atoms with Crippen molar-refractivity contribution in [2.24, 2.45) is 0 Å². The van der Waals surface area contributed by atoms with E-state index in [1.54, 1.807) is 24.3 Å². The Morgan fingerprint density at radius 2 is 2.43 bits per heavy atom. The van der Waals surface area contributed by atoms with Gasteiger partial charge < -0.3 is 9.88 Å². The van der Waals surface area contributed by atoms with E-state index in [1.807, 2.05) is 10.8 Å². The van der Waals surface area contributed by atoms with Gasteiger partial charge in [0.15, 0.2) is 0 Å². The molecule has 0 bridgehead atoms. The van der Waals surface area contributed by atoms with E-state index in [0.29, 0.717) is 6.54 Å². The van der Waals surface area contributed by atoms with Crippen molar-refractivity contribution in [1.29, 1.82) is 0 Å². The summed E-state index contributed by atoms with van der Waals surface area (Å²) in [6.45, 7) is 3.69. The van der Waals surface area contributed by atoms with Gasteiger partial charge in [-0.3, -0.25) is 4.79 Å². The first kappa shape index (κ1) is 14.2. The fraction of sp³-hybridized carbons (Fsp3) is 0.375. The lowest BCUT2D eigenvalue weighted by molar-refractivity contribution is -0.120. The summed E-state index contributed by atoms with van der Waals surface area (Å²) in [7, 11) is 0. The van der Waals surface area contributed by atoms with Crippen molar-refractivity contribution >= 4 is 17.7 Å². The summed E-state index contributed by atoms with van der Waals surface area (Å²) in [6.07, 6.45) is 7.27. The molecule has 4 nitrogen and oxygen atoms in total. The number of nitrogens with one attached hydrogen (secondary N) is 1. The van der Waals surface area contributed by atoms with Gasteiger partial charge in [0.2, 0.25) is 5.91 Å². The van der Waals surface area contributed by atoms with E-state index in [2.05, 4.69) is 35.4 Å². The third kappa shape index (κ3) is 3.47. The summed E-state index contributed by atoms with van der Waals surface area (Å²) < 4.78 is 2.02. The Kier molecular flexibility index (Phi) is 4.29. The Morgan fingerprint density at radius 1 is 1.52 bits per heavy atom. The summed E-state index contributed by atoms with van der Waals surface area (Å²) in [5.41, 5.74) is 2.55. The quantitative estimate of drug-likeness (QED) is 0.863. The second-order valence-electron chi connectivity index (χ2n) is 5.37. The molecule has 1 aliphatic rings. The minimum absolute atomic E-state index is 0.0232. The van der Waals surface area contributed by atoms with Gasteiger partial charge in [-0.05, 0) is 31.4 Å². The van der Waals surface area contributed by atoms with Crippen LogP contribution in [0.1, 0.15) is 17.5 Å². The number of hydrogen-bond acceptors (Lipinski definition) is 3. The minimum atomic E-state index is 0.0232. The molecule has 0 aliphatic carbocycles. The second-order valence-corrected chi connectivity index (χ2v) is 6.61. The van der Waals surface area contributed by atoms with Crippen molar-refractivity contribution in [2.45, 2.75) is 36.5 Å². The first-order valence-electron chi connectivity index (χ1n) is 7.22. The number of aromatic nitrogens is 2. The molecule has 1 atom stereocenters. The third-order valence-corrected chi connectivity index (χ3v) is 4.94. The van der Waals surface area contributed by atoms with Crippen molar-refractivity contribution in [3.63, 3.8) is 0 Å². The zero-order chi connectivity index (χ0) is 14.7. The molecule has 0 saturated heterocycles. The zero-order valence-corrected chi connectivity index (χ0v) is 12.9. The summed E-state index contributed by atoms with van der Waals surface area (Å²) in [5, 5.41) is 3.07. The fourth-order valence-corrected chi connectivity index (χ4v) is 3.80. The maximum Gasteiger partial charge on any atom is 0.233 e. The van der Waals surface area contributed by atoms with Crippen LogP contribution >= 0.6 is 11.8 Å². The van der Waals surface area contributed by atoms with Crippen LogP contribution in [0.4, 0.5) is 0 Å². The van der Waals surface area contributed by atoms with Crippen LogP contribution in [0.5, 0.6) is 0 Å². The lowest BCUT2D eigenvalue weighted by Gasteiger charge is -2.10. The predicted octanol–water partition coefficient (Wildman–Crippen LogP) is 2.41. The van der Waals surface area contributed by atoms with Crippen LogP contribution in [0.3, 0.4) is 0 Å². The molecule has 2 aromatic rings. The molecule has 110 valence electrons. The van der Waals surface area contributed by atoms with Crippen LogP contribution in [-0.2, 0) is 17.8 Å². The number of imidazole rings is 1. The van der Waals surface area contributed by atoms with Crippen molar-refractivity contribution < 1.29 is 4.79 Å². The number of benzene rings is 1. The molecule has 0 fully saturated rings. The molecule has 0 spiro atoms. The molecule has 1 aromatic carbocycles. The zero-order valence-electron chi connectivity index (χ0n) is 12.1. The van der Waals surface area contributed by atoms with Crippen LogP contribution in [0, 0.1) is 6.92 Å². The average molecular weight is 301 g/mol. The van der Waals surface area contributed by atoms with Crippen LogP contribution in [0.25, 0.3) is 0 Å². The predicted molar refractivity (Wildman–Crippen MR) is 84.4 cm³/mol. The highest BCUT2D eigenvalue weighted by atomic mass is 32.2. The molecule has 1 aromatic heterocycles. The van der Waals surface area contributed by atoms with E-state index in [9.17, 15) is 4.79 Å². The summed E-state index contributed by atoms with van der Waals surface area (Å²) in [6, 6.07) is 6.43. The summed E-state index contributed by atoms with van der Waals surface area (Å²) in [5.74, 6) is 0.152. The first-order valence-corrected chi connectivity index (χ1v) is 8.10. The van der Waals surface area contributed by atoms with Gasteiger partial charge in [-0.1, -0.05) is 17.7 Å². The second kappa shape index (κ2) is 6.35. The number of thioether (sulfide) groups is 1. The van der Waals surface area contributed by atoms with Crippen molar-refractivity contribution in [1.82, 2.24) is 14.9 Å². The first-order chi connectivity index (χ1) is 10.2. The van der Waals surface area contributed by atoms with Gasteiger partial charge in [-0.15, -0.1) is 11.8 Å². The van der Waals surface area contributed by atoms with Crippen LogP contribution in [-0.4, -0.2) is 27.3 Å². The lowest BCUT2D eigenvalue weighted by atomic mass is 10.1. The number of rotatable bonds is 5. The van der Waals surface area contributed by atoms with Crippen molar-refractivity contribution in [3.8, 4) is 0 Å².